The van der Waals surface area contributed by atoms with Crippen LogP contribution in [0.4, 0.5) is 0 Å². The maximum Gasteiger partial charge on any atom is 0.271 e. The summed E-state index contributed by atoms with van der Waals surface area (Å²) in [5.74, 6) is 0.491. The molecule has 0 saturated carbocycles. The number of carbonyl (C=O) groups is 1. The minimum atomic E-state index is -0.283. The Bertz CT molecular complexity index is 821. The van der Waals surface area contributed by atoms with Crippen molar-refractivity contribution >= 4 is 12.1 Å². The number of carbonyl (C=O) groups excluding carboxylic acids is 1. The molecule has 1 N–H and O–H groups in total. The Kier molecular flexibility index (Phi) is 10.8. The predicted octanol–water partition coefficient (Wildman–Crippen LogP) is 5.84. The Balaban J connectivity index is 1.65. The molecule has 0 unspecified atom stereocenters. The number of nitrogens with zero attached hydrogens (tertiary/aromatic N) is 2. The number of hydrogen-bond acceptors (Lipinski definition) is 4. The van der Waals surface area contributed by atoms with Crippen LogP contribution >= 0.6 is 0 Å². The quantitative estimate of drug-likeness (QED) is 0.258. The number of rotatable bonds is 13. The van der Waals surface area contributed by atoms with E-state index in [1.807, 2.05) is 12.1 Å². The van der Waals surface area contributed by atoms with Crippen LogP contribution < -0.4 is 10.2 Å². The molecule has 0 heterocycles. The van der Waals surface area contributed by atoms with Gasteiger partial charge in [-0.15, -0.1) is 0 Å². The largest absolute Gasteiger partial charge is 0.494 e. The SMILES string of the molecule is CCCCCCCCCCOc1ccc(C(=O)NN=Cc2ccc(C#N)cc2)cc1. The summed E-state index contributed by atoms with van der Waals surface area (Å²) in [5, 5.41) is 12.7. The smallest absolute Gasteiger partial charge is 0.271 e. The summed E-state index contributed by atoms with van der Waals surface area (Å²) in [6, 6.07) is 16.1. The number of unbranched alkanes of at least 4 members (excludes halogenated alkanes) is 7. The molecule has 0 atom stereocenters. The molecule has 2 aromatic rings. The van der Waals surface area contributed by atoms with Gasteiger partial charge in [0, 0.05) is 5.56 Å². The van der Waals surface area contributed by atoms with Gasteiger partial charge in [-0.3, -0.25) is 4.79 Å². The van der Waals surface area contributed by atoms with Crippen LogP contribution in [0.15, 0.2) is 53.6 Å². The van der Waals surface area contributed by atoms with Gasteiger partial charge in [0.05, 0.1) is 24.5 Å². The van der Waals surface area contributed by atoms with E-state index in [4.69, 9.17) is 10.00 Å². The van der Waals surface area contributed by atoms with Gasteiger partial charge in [0.15, 0.2) is 0 Å². The average molecular weight is 406 g/mol. The number of ether oxygens (including phenoxy) is 1. The van der Waals surface area contributed by atoms with Crippen LogP contribution in [-0.4, -0.2) is 18.7 Å². The second-order valence-corrected chi connectivity index (χ2v) is 7.28. The van der Waals surface area contributed by atoms with E-state index in [0.717, 1.165) is 17.7 Å². The zero-order valence-corrected chi connectivity index (χ0v) is 17.8. The lowest BCUT2D eigenvalue weighted by Gasteiger charge is -2.07. The highest BCUT2D eigenvalue weighted by molar-refractivity contribution is 5.95. The van der Waals surface area contributed by atoms with Gasteiger partial charge in [0.25, 0.3) is 5.91 Å². The molecular formula is C25H31N3O2. The molecule has 2 aromatic carbocycles. The van der Waals surface area contributed by atoms with Crippen LogP contribution in [0.3, 0.4) is 0 Å². The van der Waals surface area contributed by atoms with E-state index in [-0.39, 0.29) is 5.91 Å². The van der Waals surface area contributed by atoms with E-state index in [9.17, 15) is 4.79 Å². The Hall–Kier alpha value is -3.13. The lowest BCUT2D eigenvalue weighted by atomic mass is 10.1. The standard InChI is InChI=1S/C25H31N3O2/c1-2-3-4-5-6-7-8-9-18-30-24-16-14-23(15-17-24)25(29)28-27-20-22-12-10-21(19-26)11-13-22/h10-17,20H,2-9,18H2,1H3,(H,28,29). The van der Waals surface area contributed by atoms with E-state index in [1.54, 1.807) is 42.6 Å². The molecule has 30 heavy (non-hydrogen) atoms. The van der Waals surface area contributed by atoms with Gasteiger partial charge in [-0.25, -0.2) is 5.43 Å². The summed E-state index contributed by atoms with van der Waals surface area (Å²) in [5.41, 5.74) is 4.41. The average Bonchev–Trinajstić information content (AvgIpc) is 2.79. The third-order valence-corrected chi connectivity index (χ3v) is 4.80. The van der Waals surface area contributed by atoms with Crippen LogP contribution in [0.25, 0.3) is 0 Å². The van der Waals surface area contributed by atoms with E-state index in [2.05, 4.69) is 23.5 Å². The lowest BCUT2D eigenvalue weighted by Crippen LogP contribution is -2.17. The fourth-order valence-electron chi connectivity index (χ4n) is 3.00. The molecule has 0 aliphatic carbocycles. The molecule has 0 aliphatic rings. The predicted molar refractivity (Wildman–Crippen MR) is 121 cm³/mol. The number of nitrogens with one attached hydrogen (secondary N) is 1. The molecule has 0 spiro atoms. The van der Waals surface area contributed by atoms with Crippen LogP contribution in [0.2, 0.25) is 0 Å². The van der Waals surface area contributed by atoms with E-state index in [1.165, 1.54) is 44.9 Å². The van der Waals surface area contributed by atoms with Gasteiger partial charge >= 0.3 is 0 Å². The number of benzene rings is 2. The third-order valence-electron chi connectivity index (χ3n) is 4.80. The van der Waals surface area contributed by atoms with Crippen molar-refractivity contribution in [3.63, 3.8) is 0 Å². The minimum Gasteiger partial charge on any atom is -0.494 e. The molecule has 0 bridgehead atoms. The number of amides is 1. The van der Waals surface area contributed by atoms with E-state index in [0.29, 0.717) is 17.7 Å². The van der Waals surface area contributed by atoms with Crippen LogP contribution in [0.1, 0.15) is 79.8 Å². The normalized spacial score (nSPS) is 10.7. The summed E-state index contributed by atoms with van der Waals surface area (Å²) in [7, 11) is 0. The number of nitriles is 1. The van der Waals surface area contributed by atoms with Crippen LogP contribution in [0, 0.1) is 11.3 Å². The van der Waals surface area contributed by atoms with Crippen molar-refractivity contribution in [2.24, 2.45) is 5.10 Å². The molecule has 2 rings (SSSR count). The molecule has 5 heteroatoms. The number of hydrogen-bond donors (Lipinski definition) is 1. The molecule has 158 valence electrons. The minimum absolute atomic E-state index is 0.283. The summed E-state index contributed by atoms with van der Waals surface area (Å²) >= 11 is 0. The first-order valence-corrected chi connectivity index (χ1v) is 10.8. The highest BCUT2D eigenvalue weighted by Crippen LogP contribution is 2.14. The van der Waals surface area contributed by atoms with Crippen molar-refractivity contribution in [1.82, 2.24) is 5.43 Å². The molecule has 0 fully saturated rings. The van der Waals surface area contributed by atoms with Gasteiger partial charge in [-0.05, 0) is 48.4 Å². The second-order valence-electron chi connectivity index (χ2n) is 7.28. The summed E-state index contributed by atoms with van der Waals surface area (Å²) in [4.78, 5) is 12.2. The Morgan fingerprint density at radius 1 is 0.967 bits per heavy atom. The zero-order chi connectivity index (χ0) is 21.4. The highest BCUT2D eigenvalue weighted by Gasteiger charge is 2.04. The topological polar surface area (TPSA) is 74.5 Å². The molecule has 0 aromatic heterocycles. The highest BCUT2D eigenvalue weighted by atomic mass is 16.5. The molecular weight excluding hydrogens is 374 g/mol. The first-order valence-electron chi connectivity index (χ1n) is 10.8. The Morgan fingerprint density at radius 2 is 1.60 bits per heavy atom. The fraction of sp³-hybridized carbons (Fsp3) is 0.400. The summed E-state index contributed by atoms with van der Waals surface area (Å²) in [6.45, 7) is 2.94. The molecule has 1 amide bonds. The molecule has 0 radical (unpaired) electrons. The molecule has 5 nitrogen and oxygen atoms in total. The molecule has 0 aliphatic heterocycles. The van der Waals surface area contributed by atoms with Gasteiger partial charge < -0.3 is 4.74 Å². The summed E-state index contributed by atoms with van der Waals surface area (Å²) < 4.78 is 5.76. The lowest BCUT2D eigenvalue weighted by molar-refractivity contribution is 0.0955. The first kappa shape index (κ1) is 23.2. The van der Waals surface area contributed by atoms with Gasteiger partial charge in [-0.2, -0.15) is 10.4 Å². The van der Waals surface area contributed by atoms with Crippen molar-refractivity contribution in [3.8, 4) is 11.8 Å². The van der Waals surface area contributed by atoms with Crippen molar-refractivity contribution in [3.05, 3.63) is 65.2 Å². The second kappa shape index (κ2) is 13.9. The molecule has 0 saturated heterocycles. The fourth-order valence-corrected chi connectivity index (χ4v) is 3.00. The van der Waals surface area contributed by atoms with Crippen molar-refractivity contribution < 1.29 is 9.53 Å². The Labute approximate surface area is 179 Å². The number of hydrazone groups is 1. The van der Waals surface area contributed by atoms with Gasteiger partial charge in [0.2, 0.25) is 0 Å². The third kappa shape index (κ3) is 8.91. The van der Waals surface area contributed by atoms with Crippen LogP contribution in [-0.2, 0) is 0 Å². The van der Waals surface area contributed by atoms with Crippen LogP contribution in [0.5, 0.6) is 5.75 Å². The van der Waals surface area contributed by atoms with E-state index < -0.39 is 0 Å². The van der Waals surface area contributed by atoms with Gasteiger partial charge in [-0.1, -0.05) is 64.0 Å². The maximum atomic E-state index is 12.2. The van der Waals surface area contributed by atoms with E-state index >= 15 is 0 Å². The Morgan fingerprint density at radius 3 is 2.23 bits per heavy atom. The van der Waals surface area contributed by atoms with Crippen molar-refractivity contribution in [2.45, 2.75) is 58.3 Å². The summed E-state index contributed by atoms with van der Waals surface area (Å²) in [6.07, 6.45) is 11.7. The monoisotopic (exact) mass is 405 g/mol. The van der Waals surface area contributed by atoms with Gasteiger partial charge in [0.1, 0.15) is 5.75 Å². The van der Waals surface area contributed by atoms with Crippen molar-refractivity contribution in [1.29, 1.82) is 5.26 Å². The first-order chi connectivity index (χ1) is 14.7. The maximum absolute atomic E-state index is 12.2. The zero-order valence-electron chi connectivity index (χ0n) is 17.8. The van der Waals surface area contributed by atoms with Crippen molar-refractivity contribution in [2.75, 3.05) is 6.61 Å².